The van der Waals surface area contributed by atoms with Crippen LogP contribution in [0.5, 0.6) is 0 Å². The molecule has 0 bridgehead atoms. The van der Waals surface area contributed by atoms with Crippen molar-refractivity contribution in [2.45, 2.75) is 70.8 Å². The molecule has 1 heteroatoms. The van der Waals surface area contributed by atoms with Gasteiger partial charge in [-0.25, -0.2) is 0 Å². The Balaban J connectivity index is 1.98. The Morgan fingerprint density at radius 1 is 1.00 bits per heavy atom. The average molecular weight is 198 g/mol. The molecular weight excluding hydrogens is 172 g/mol. The summed E-state index contributed by atoms with van der Waals surface area (Å²) in [4.78, 5) is 0. The van der Waals surface area contributed by atoms with Crippen LogP contribution in [0.2, 0.25) is 0 Å². The monoisotopic (exact) mass is 198 g/mol. The predicted molar refractivity (Wildman–Crippen MR) is 61.5 cm³/mol. The molecule has 1 aliphatic rings. The highest BCUT2D eigenvalue weighted by molar-refractivity contribution is 4.72. The quantitative estimate of drug-likeness (QED) is 0.582. The van der Waals surface area contributed by atoms with Crippen LogP contribution in [0.3, 0.4) is 0 Å². The third kappa shape index (κ3) is 4.45. The Morgan fingerprint density at radius 2 is 1.71 bits per heavy atom. The molecular formula is C13H26O. The molecule has 0 aromatic carbocycles. The van der Waals surface area contributed by atoms with E-state index in [9.17, 15) is 0 Å². The lowest BCUT2D eigenvalue weighted by molar-refractivity contribution is 0.0552. The van der Waals surface area contributed by atoms with E-state index in [1.54, 1.807) is 0 Å². The molecule has 0 N–H and O–H groups in total. The summed E-state index contributed by atoms with van der Waals surface area (Å²) >= 11 is 0. The summed E-state index contributed by atoms with van der Waals surface area (Å²) < 4.78 is 5.38. The fourth-order valence-electron chi connectivity index (χ4n) is 2.52. The van der Waals surface area contributed by atoms with Crippen molar-refractivity contribution < 1.29 is 4.74 Å². The van der Waals surface area contributed by atoms with Gasteiger partial charge in [0.25, 0.3) is 0 Å². The van der Waals surface area contributed by atoms with Gasteiger partial charge in [-0.15, -0.1) is 0 Å². The van der Waals surface area contributed by atoms with Gasteiger partial charge in [-0.1, -0.05) is 39.0 Å². The highest BCUT2D eigenvalue weighted by atomic mass is 16.5. The number of hydrogen-bond donors (Lipinski definition) is 0. The predicted octanol–water partition coefficient (Wildman–Crippen LogP) is 4.16. The lowest BCUT2D eigenvalue weighted by atomic mass is 9.84. The fourth-order valence-corrected chi connectivity index (χ4v) is 2.52. The van der Waals surface area contributed by atoms with Crippen LogP contribution < -0.4 is 0 Å². The SMILES string of the molecule is CCCCCCC1CCC(OC)CC1. The summed E-state index contributed by atoms with van der Waals surface area (Å²) in [7, 11) is 1.85. The Hall–Kier alpha value is -0.0400. The first-order chi connectivity index (χ1) is 6.86. The van der Waals surface area contributed by atoms with Gasteiger partial charge in [0.1, 0.15) is 0 Å². The molecule has 84 valence electrons. The molecule has 0 atom stereocenters. The number of unbranched alkanes of at least 4 members (excludes halogenated alkanes) is 3. The molecule has 1 saturated carbocycles. The molecule has 0 amide bonds. The Kier molecular flexibility index (Phi) is 6.25. The van der Waals surface area contributed by atoms with Crippen molar-refractivity contribution in [3.05, 3.63) is 0 Å². The average Bonchev–Trinajstić information content (AvgIpc) is 2.25. The molecule has 0 aromatic heterocycles. The second-order valence-corrected chi connectivity index (χ2v) is 4.73. The lowest BCUT2D eigenvalue weighted by Gasteiger charge is -2.27. The molecule has 0 radical (unpaired) electrons. The lowest BCUT2D eigenvalue weighted by Crippen LogP contribution is -2.20. The summed E-state index contributed by atoms with van der Waals surface area (Å²) in [5.41, 5.74) is 0. The zero-order valence-corrected chi connectivity index (χ0v) is 9.93. The second kappa shape index (κ2) is 7.28. The van der Waals surface area contributed by atoms with Gasteiger partial charge in [0, 0.05) is 7.11 Å². The molecule has 0 heterocycles. The van der Waals surface area contributed by atoms with E-state index in [1.165, 1.54) is 57.8 Å². The molecule has 14 heavy (non-hydrogen) atoms. The van der Waals surface area contributed by atoms with Crippen molar-refractivity contribution >= 4 is 0 Å². The first-order valence-corrected chi connectivity index (χ1v) is 6.39. The van der Waals surface area contributed by atoms with Gasteiger partial charge in [-0.05, 0) is 31.6 Å². The highest BCUT2D eigenvalue weighted by Gasteiger charge is 2.19. The summed E-state index contributed by atoms with van der Waals surface area (Å²) in [6, 6.07) is 0. The van der Waals surface area contributed by atoms with E-state index in [-0.39, 0.29) is 0 Å². The fraction of sp³-hybridized carbons (Fsp3) is 1.00. The van der Waals surface area contributed by atoms with E-state index in [1.807, 2.05) is 7.11 Å². The van der Waals surface area contributed by atoms with Crippen LogP contribution in [0, 0.1) is 5.92 Å². The van der Waals surface area contributed by atoms with Gasteiger partial charge in [0.15, 0.2) is 0 Å². The maximum Gasteiger partial charge on any atom is 0.0571 e. The van der Waals surface area contributed by atoms with Crippen LogP contribution in [0.4, 0.5) is 0 Å². The standard InChI is InChI=1S/C13H26O/c1-3-4-5-6-7-12-8-10-13(14-2)11-9-12/h12-13H,3-11H2,1-2H3. The highest BCUT2D eigenvalue weighted by Crippen LogP contribution is 2.29. The number of ether oxygens (including phenoxy) is 1. The van der Waals surface area contributed by atoms with E-state index in [0.29, 0.717) is 6.10 Å². The van der Waals surface area contributed by atoms with E-state index >= 15 is 0 Å². The summed E-state index contributed by atoms with van der Waals surface area (Å²) in [6.07, 6.45) is 13.1. The second-order valence-electron chi connectivity index (χ2n) is 4.73. The largest absolute Gasteiger partial charge is 0.381 e. The summed E-state index contributed by atoms with van der Waals surface area (Å²) in [5.74, 6) is 1.01. The van der Waals surface area contributed by atoms with Crippen molar-refractivity contribution in [2.75, 3.05) is 7.11 Å². The van der Waals surface area contributed by atoms with Gasteiger partial charge in [0.2, 0.25) is 0 Å². The van der Waals surface area contributed by atoms with Crippen LogP contribution >= 0.6 is 0 Å². The maximum absolute atomic E-state index is 5.38. The van der Waals surface area contributed by atoms with Crippen molar-refractivity contribution in [3.63, 3.8) is 0 Å². The first-order valence-electron chi connectivity index (χ1n) is 6.39. The van der Waals surface area contributed by atoms with Gasteiger partial charge >= 0.3 is 0 Å². The Bertz CT molecular complexity index is 125. The molecule has 0 aromatic rings. The summed E-state index contributed by atoms with van der Waals surface area (Å²) in [6.45, 7) is 2.28. The molecule has 0 saturated heterocycles. The van der Waals surface area contributed by atoms with Crippen LogP contribution in [0.25, 0.3) is 0 Å². The Labute approximate surface area is 89.2 Å². The third-order valence-electron chi connectivity index (χ3n) is 3.59. The first kappa shape index (κ1) is 12.0. The minimum Gasteiger partial charge on any atom is -0.381 e. The van der Waals surface area contributed by atoms with E-state index in [4.69, 9.17) is 4.74 Å². The third-order valence-corrected chi connectivity index (χ3v) is 3.59. The number of methoxy groups -OCH3 is 1. The van der Waals surface area contributed by atoms with E-state index in [2.05, 4.69) is 6.92 Å². The zero-order chi connectivity index (χ0) is 10.2. The minimum atomic E-state index is 0.571. The van der Waals surface area contributed by atoms with Crippen molar-refractivity contribution in [1.82, 2.24) is 0 Å². The molecule has 0 unspecified atom stereocenters. The molecule has 0 aliphatic heterocycles. The van der Waals surface area contributed by atoms with Gasteiger partial charge < -0.3 is 4.74 Å². The van der Waals surface area contributed by atoms with Crippen molar-refractivity contribution in [2.24, 2.45) is 5.92 Å². The van der Waals surface area contributed by atoms with Crippen molar-refractivity contribution in [3.8, 4) is 0 Å². The number of rotatable bonds is 6. The molecule has 1 aliphatic carbocycles. The van der Waals surface area contributed by atoms with Gasteiger partial charge in [-0.2, -0.15) is 0 Å². The van der Waals surface area contributed by atoms with E-state index < -0.39 is 0 Å². The van der Waals surface area contributed by atoms with Gasteiger partial charge in [0.05, 0.1) is 6.10 Å². The zero-order valence-electron chi connectivity index (χ0n) is 9.93. The van der Waals surface area contributed by atoms with Crippen molar-refractivity contribution in [1.29, 1.82) is 0 Å². The molecule has 0 spiro atoms. The molecule has 1 rings (SSSR count). The molecule has 1 nitrogen and oxygen atoms in total. The molecule has 1 fully saturated rings. The van der Waals surface area contributed by atoms with Gasteiger partial charge in [-0.3, -0.25) is 0 Å². The van der Waals surface area contributed by atoms with Crippen LogP contribution in [0.15, 0.2) is 0 Å². The number of hydrogen-bond acceptors (Lipinski definition) is 1. The minimum absolute atomic E-state index is 0.571. The van der Waals surface area contributed by atoms with E-state index in [0.717, 1.165) is 5.92 Å². The maximum atomic E-state index is 5.38. The van der Waals surface area contributed by atoms with Crippen LogP contribution in [-0.4, -0.2) is 13.2 Å². The van der Waals surface area contributed by atoms with Crippen LogP contribution in [0.1, 0.15) is 64.7 Å². The Morgan fingerprint density at radius 3 is 2.29 bits per heavy atom. The topological polar surface area (TPSA) is 9.23 Å². The van der Waals surface area contributed by atoms with Crippen LogP contribution in [-0.2, 0) is 4.74 Å². The normalized spacial score (nSPS) is 27.9. The summed E-state index contributed by atoms with van der Waals surface area (Å²) in [5, 5.41) is 0. The smallest absolute Gasteiger partial charge is 0.0571 e.